The molecule has 0 aliphatic carbocycles. The van der Waals surface area contributed by atoms with Crippen molar-refractivity contribution in [3.8, 4) is 5.75 Å². The molecule has 18 heavy (non-hydrogen) atoms. The van der Waals surface area contributed by atoms with E-state index in [0.717, 1.165) is 11.3 Å². The predicted molar refractivity (Wildman–Crippen MR) is 71.3 cm³/mol. The third-order valence-corrected chi connectivity index (χ3v) is 3.26. The molecule has 0 saturated carbocycles. The van der Waals surface area contributed by atoms with Gasteiger partial charge in [-0.1, -0.05) is 13.8 Å². The summed E-state index contributed by atoms with van der Waals surface area (Å²) in [6.45, 7) is 4.34. The highest BCUT2D eigenvalue weighted by molar-refractivity contribution is 8.00. The Labute approximate surface area is 110 Å². The minimum atomic E-state index is -0.449. The summed E-state index contributed by atoms with van der Waals surface area (Å²) >= 11 is 1.46. The molecular weight excluding hydrogens is 254 g/mol. The van der Waals surface area contributed by atoms with Crippen molar-refractivity contribution in [2.45, 2.75) is 30.4 Å². The number of aliphatic hydroxyl groups excluding tert-OH is 1. The van der Waals surface area contributed by atoms with Gasteiger partial charge >= 0.3 is 5.69 Å². The van der Waals surface area contributed by atoms with Gasteiger partial charge < -0.3 is 9.84 Å². The van der Waals surface area contributed by atoms with Gasteiger partial charge in [0.25, 0.3) is 0 Å². The molecule has 0 bridgehead atoms. The van der Waals surface area contributed by atoms with Crippen LogP contribution >= 0.6 is 11.8 Å². The van der Waals surface area contributed by atoms with E-state index in [1.165, 1.54) is 17.8 Å². The van der Waals surface area contributed by atoms with E-state index in [0.29, 0.717) is 6.61 Å². The lowest BCUT2D eigenvalue weighted by Crippen LogP contribution is -2.03. The molecular formula is C12H17NO4S. The second-order valence-corrected chi connectivity index (χ2v) is 5.36. The molecule has 6 heteroatoms. The number of nitro benzene ring substituents is 1. The summed E-state index contributed by atoms with van der Waals surface area (Å²) in [7, 11) is 0. The van der Waals surface area contributed by atoms with Gasteiger partial charge in [0.1, 0.15) is 0 Å². The number of nitro groups is 1. The third-order valence-electron chi connectivity index (χ3n) is 2.18. The Kier molecular flexibility index (Phi) is 5.94. The van der Waals surface area contributed by atoms with Crippen LogP contribution in [0.25, 0.3) is 0 Å². The number of ether oxygens (including phenoxy) is 1. The van der Waals surface area contributed by atoms with Gasteiger partial charge in [-0.3, -0.25) is 10.1 Å². The average molecular weight is 271 g/mol. The summed E-state index contributed by atoms with van der Waals surface area (Å²) in [5.74, 6) is 0.289. The van der Waals surface area contributed by atoms with Gasteiger partial charge in [0.05, 0.1) is 18.1 Å². The number of nitrogens with zero attached hydrogens (tertiary/aromatic N) is 1. The number of thioether (sulfide) groups is 1. The second kappa shape index (κ2) is 7.23. The van der Waals surface area contributed by atoms with Crippen LogP contribution in [-0.4, -0.2) is 28.5 Å². The molecule has 1 rings (SSSR count). The Balaban J connectivity index is 2.93. The number of hydrogen-bond acceptors (Lipinski definition) is 5. The van der Waals surface area contributed by atoms with Gasteiger partial charge in [-0.2, -0.15) is 0 Å². The molecule has 0 radical (unpaired) electrons. The van der Waals surface area contributed by atoms with E-state index in [-0.39, 0.29) is 23.3 Å². The molecule has 0 aliphatic heterocycles. The van der Waals surface area contributed by atoms with E-state index in [1.54, 1.807) is 12.1 Å². The fraction of sp³-hybridized carbons (Fsp3) is 0.500. The lowest BCUT2D eigenvalue weighted by Gasteiger charge is -2.10. The van der Waals surface area contributed by atoms with Crippen LogP contribution in [0.1, 0.15) is 20.3 Å². The van der Waals surface area contributed by atoms with Crippen LogP contribution < -0.4 is 4.74 Å². The van der Waals surface area contributed by atoms with Crippen LogP contribution in [0.4, 0.5) is 5.69 Å². The molecule has 1 N–H and O–H groups in total. The largest absolute Gasteiger partial charge is 0.487 e. The van der Waals surface area contributed by atoms with E-state index < -0.39 is 4.92 Å². The Morgan fingerprint density at radius 2 is 2.28 bits per heavy atom. The Bertz CT molecular complexity index is 411. The quantitative estimate of drug-likeness (QED) is 0.469. The zero-order valence-electron chi connectivity index (χ0n) is 10.5. The van der Waals surface area contributed by atoms with Crippen molar-refractivity contribution in [1.82, 2.24) is 0 Å². The minimum absolute atomic E-state index is 0.0237. The minimum Gasteiger partial charge on any atom is -0.487 e. The predicted octanol–water partition coefficient (Wildman–Crippen LogP) is 2.86. The van der Waals surface area contributed by atoms with Gasteiger partial charge in [-0.25, -0.2) is 0 Å². The maximum absolute atomic E-state index is 10.9. The van der Waals surface area contributed by atoms with E-state index in [9.17, 15) is 10.1 Å². The van der Waals surface area contributed by atoms with Crippen LogP contribution in [-0.2, 0) is 0 Å². The molecule has 0 amide bonds. The van der Waals surface area contributed by atoms with Crippen molar-refractivity contribution < 1.29 is 14.8 Å². The summed E-state index contributed by atoms with van der Waals surface area (Å²) in [6, 6.07) is 4.77. The summed E-state index contributed by atoms with van der Waals surface area (Å²) in [5.41, 5.74) is -0.0237. The van der Waals surface area contributed by atoms with Crippen LogP contribution in [0.15, 0.2) is 23.1 Å². The molecule has 5 nitrogen and oxygen atoms in total. The van der Waals surface area contributed by atoms with E-state index in [1.807, 2.05) is 13.8 Å². The standard InChI is InChI=1S/C12H17NO4S/c1-3-6-17-12-7-10(18-9(2)8-14)4-5-11(12)13(15)16/h4-5,7,9,14H,3,6,8H2,1-2H3. The molecule has 0 saturated heterocycles. The summed E-state index contributed by atoms with van der Waals surface area (Å²) in [4.78, 5) is 11.3. The first-order valence-electron chi connectivity index (χ1n) is 5.77. The van der Waals surface area contributed by atoms with Gasteiger partial charge in [-0.05, 0) is 12.5 Å². The van der Waals surface area contributed by atoms with Gasteiger partial charge in [-0.15, -0.1) is 11.8 Å². The van der Waals surface area contributed by atoms with Crippen molar-refractivity contribution >= 4 is 17.4 Å². The summed E-state index contributed by atoms with van der Waals surface area (Å²) in [6.07, 6.45) is 0.793. The monoisotopic (exact) mass is 271 g/mol. The molecule has 0 fully saturated rings. The maximum atomic E-state index is 10.9. The smallest absolute Gasteiger partial charge is 0.310 e. The van der Waals surface area contributed by atoms with Crippen LogP contribution in [0.3, 0.4) is 0 Å². The third kappa shape index (κ3) is 4.19. The maximum Gasteiger partial charge on any atom is 0.310 e. The Morgan fingerprint density at radius 1 is 1.56 bits per heavy atom. The van der Waals surface area contributed by atoms with Crippen molar-refractivity contribution in [1.29, 1.82) is 0 Å². The number of aliphatic hydroxyl groups is 1. The first kappa shape index (κ1) is 14.8. The second-order valence-electron chi connectivity index (χ2n) is 3.85. The van der Waals surface area contributed by atoms with E-state index in [4.69, 9.17) is 9.84 Å². The Morgan fingerprint density at radius 3 is 2.83 bits per heavy atom. The van der Waals surface area contributed by atoms with E-state index in [2.05, 4.69) is 0 Å². The SMILES string of the molecule is CCCOc1cc(SC(C)CO)ccc1[N+](=O)[O-]. The first-order chi connectivity index (χ1) is 8.58. The topological polar surface area (TPSA) is 72.6 Å². The highest BCUT2D eigenvalue weighted by Crippen LogP contribution is 2.33. The number of rotatable bonds is 7. The molecule has 1 atom stereocenters. The highest BCUT2D eigenvalue weighted by atomic mass is 32.2. The molecule has 100 valence electrons. The fourth-order valence-corrected chi connectivity index (χ4v) is 2.18. The summed E-state index contributed by atoms with van der Waals surface area (Å²) in [5, 5.41) is 19.9. The van der Waals surface area contributed by atoms with Crippen molar-refractivity contribution in [2.75, 3.05) is 13.2 Å². The van der Waals surface area contributed by atoms with Gasteiger partial charge in [0, 0.05) is 22.3 Å². The Hall–Kier alpha value is -1.27. The highest BCUT2D eigenvalue weighted by Gasteiger charge is 2.16. The molecule has 1 aromatic carbocycles. The van der Waals surface area contributed by atoms with Gasteiger partial charge in [0.15, 0.2) is 5.75 Å². The van der Waals surface area contributed by atoms with Crippen LogP contribution in [0.2, 0.25) is 0 Å². The molecule has 0 aromatic heterocycles. The number of hydrogen-bond donors (Lipinski definition) is 1. The lowest BCUT2D eigenvalue weighted by atomic mass is 10.3. The van der Waals surface area contributed by atoms with Crippen molar-refractivity contribution in [2.24, 2.45) is 0 Å². The van der Waals surface area contributed by atoms with Crippen LogP contribution in [0, 0.1) is 10.1 Å². The zero-order chi connectivity index (χ0) is 13.5. The van der Waals surface area contributed by atoms with Gasteiger partial charge in [0.2, 0.25) is 0 Å². The summed E-state index contributed by atoms with van der Waals surface area (Å²) < 4.78 is 5.39. The van der Waals surface area contributed by atoms with Crippen LogP contribution in [0.5, 0.6) is 5.75 Å². The van der Waals surface area contributed by atoms with Crippen molar-refractivity contribution in [3.63, 3.8) is 0 Å². The zero-order valence-corrected chi connectivity index (χ0v) is 11.3. The normalized spacial score (nSPS) is 12.2. The van der Waals surface area contributed by atoms with Crippen molar-refractivity contribution in [3.05, 3.63) is 28.3 Å². The molecule has 0 heterocycles. The molecule has 1 unspecified atom stereocenters. The first-order valence-corrected chi connectivity index (χ1v) is 6.65. The molecule has 0 aliphatic rings. The fourth-order valence-electron chi connectivity index (χ4n) is 1.32. The lowest BCUT2D eigenvalue weighted by molar-refractivity contribution is -0.385. The molecule has 1 aromatic rings. The number of benzene rings is 1. The van der Waals surface area contributed by atoms with E-state index >= 15 is 0 Å². The molecule has 0 spiro atoms. The average Bonchev–Trinajstić information content (AvgIpc) is 2.36.